The largest absolute Gasteiger partial charge is 0.478 e. The molecule has 0 aromatic heterocycles. The number of amides is 1. The molecule has 0 aliphatic rings. The first kappa shape index (κ1) is 15.5. The second-order valence-electron chi connectivity index (χ2n) is 4.21. The highest BCUT2D eigenvalue weighted by Gasteiger charge is 2.12. The fourth-order valence-corrected chi connectivity index (χ4v) is 1.82. The quantitative estimate of drug-likeness (QED) is 0.749. The maximum atomic E-state index is 11.8. The van der Waals surface area contributed by atoms with E-state index < -0.39 is 5.97 Å². The Morgan fingerprint density at radius 2 is 2.11 bits per heavy atom. The van der Waals surface area contributed by atoms with Crippen molar-refractivity contribution in [2.45, 2.75) is 26.3 Å². The first-order chi connectivity index (χ1) is 8.93. The molecule has 0 heterocycles. The SMILES string of the molecule is CCNC(C)CC(=O)Nc1cc(C(=O)O)ccc1Cl. The summed E-state index contributed by atoms with van der Waals surface area (Å²) in [6.45, 7) is 4.64. The Hall–Kier alpha value is -1.59. The molecular weight excluding hydrogens is 268 g/mol. The number of hydrogen-bond donors (Lipinski definition) is 3. The summed E-state index contributed by atoms with van der Waals surface area (Å²) in [5, 5.41) is 14.9. The average Bonchev–Trinajstić information content (AvgIpc) is 2.31. The molecule has 0 bridgehead atoms. The lowest BCUT2D eigenvalue weighted by molar-refractivity contribution is -0.116. The molecule has 1 aromatic carbocycles. The van der Waals surface area contributed by atoms with E-state index in [0.29, 0.717) is 17.1 Å². The van der Waals surface area contributed by atoms with Gasteiger partial charge in [0, 0.05) is 12.5 Å². The molecule has 0 saturated heterocycles. The number of aromatic carboxylic acids is 1. The van der Waals surface area contributed by atoms with Gasteiger partial charge in [0.15, 0.2) is 0 Å². The number of nitrogens with one attached hydrogen (secondary N) is 2. The number of carbonyl (C=O) groups is 2. The van der Waals surface area contributed by atoms with Gasteiger partial charge >= 0.3 is 5.97 Å². The van der Waals surface area contributed by atoms with Crippen molar-refractivity contribution in [3.05, 3.63) is 28.8 Å². The normalized spacial score (nSPS) is 11.9. The Kier molecular flexibility index (Phi) is 5.79. The summed E-state index contributed by atoms with van der Waals surface area (Å²) in [6.07, 6.45) is 0.293. The fraction of sp³-hybridized carbons (Fsp3) is 0.385. The minimum absolute atomic E-state index is 0.0476. The maximum Gasteiger partial charge on any atom is 0.335 e. The van der Waals surface area contributed by atoms with E-state index in [1.165, 1.54) is 18.2 Å². The Bertz CT molecular complexity index is 477. The number of anilines is 1. The van der Waals surface area contributed by atoms with Crippen molar-refractivity contribution in [3.63, 3.8) is 0 Å². The van der Waals surface area contributed by atoms with Crippen LogP contribution in [0.3, 0.4) is 0 Å². The van der Waals surface area contributed by atoms with Crippen molar-refractivity contribution in [1.82, 2.24) is 5.32 Å². The van der Waals surface area contributed by atoms with Crippen LogP contribution >= 0.6 is 11.6 Å². The molecule has 1 aromatic rings. The zero-order valence-corrected chi connectivity index (χ0v) is 11.6. The van der Waals surface area contributed by atoms with Gasteiger partial charge in [0.2, 0.25) is 5.91 Å². The van der Waals surface area contributed by atoms with Gasteiger partial charge in [0.1, 0.15) is 0 Å². The van der Waals surface area contributed by atoms with Gasteiger partial charge in [-0.2, -0.15) is 0 Å². The molecular formula is C13H17ClN2O3. The number of carboxylic acid groups (broad SMARTS) is 1. The molecule has 1 rings (SSSR count). The minimum Gasteiger partial charge on any atom is -0.478 e. The van der Waals surface area contributed by atoms with E-state index >= 15 is 0 Å². The Labute approximate surface area is 117 Å². The number of carboxylic acids is 1. The predicted octanol–water partition coefficient (Wildman–Crippen LogP) is 2.36. The lowest BCUT2D eigenvalue weighted by atomic mass is 10.2. The molecule has 6 heteroatoms. The van der Waals surface area contributed by atoms with E-state index in [-0.39, 0.29) is 17.5 Å². The van der Waals surface area contributed by atoms with Gasteiger partial charge in [-0.3, -0.25) is 4.79 Å². The standard InChI is InChI=1S/C13H17ClN2O3/c1-3-15-8(2)6-12(17)16-11-7-9(13(18)19)4-5-10(11)14/h4-5,7-8,15H,3,6H2,1-2H3,(H,16,17)(H,18,19). The summed E-state index contributed by atoms with van der Waals surface area (Å²) in [5.41, 5.74) is 0.398. The minimum atomic E-state index is -1.06. The first-order valence-electron chi connectivity index (χ1n) is 6.00. The molecule has 1 atom stereocenters. The van der Waals surface area contributed by atoms with Gasteiger partial charge < -0.3 is 15.7 Å². The number of carbonyl (C=O) groups excluding carboxylic acids is 1. The average molecular weight is 285 g/mol. The lowest BCUT2D eigenvalue weighted by Gasteiger charge is -2.13. The van der Waals surface area contributed by atoms with Gasteiger partial charge in [-0.1, -0.05) is 18.5 Å². The highest BCUT2D eigenvalue weighted by molar-refractivity contribution is 6.33. The van der Waals surface area contributed by atoms with Crippen LogP contribution in [0, 0.1) is 0 Å². The summed E-state index contributed by atoms with van der Waals surface area (Å²) in [7, 11) is 0. The van der Waals surface area contributed by atoms with Crippen LogP contribution in [0.25, 0.3) is 0 Å². The number of hydrogen-bond acceptors (Lipinski definition) is 3. The van der Waals surface area contributed by atoms with Crippen molar-refractivity contribution in [1.29, 1.82) is 0 Å². The molecule has 19 heavy (non-hydrogen) atoms. The van der Waals surface area contributed by atoms with Crippen LogP contribution in [0.4, 0.5) is 5.69 Å². The van der Waals surface area contributed by atoms with Crippen molar-refractivity contribution in [2.24, 2.45) is 0 Å². The van der Waals surface area contributed by atoms with E-state index in [4.69, 9.17) is 16.7 Å². The highest BCUT2D eigenvalue weighted by Crippen LogP contribution is 2.23. The monoisotopic (exact) mass is 284 g/mol. The van der Waals surface area contributed by atoms with Crippen LogP contribution in [0.15, 0.2) is 18.2 Å². The summed E-state index contributed by atoms with van der Waals surface area (Å²) >= 11 is 5.92. The molecule has 104 valence electrons. The third-order valence-electron chi connectivity index (χ3n) is 2.53. The first-order valence-corrected chi connectivity index (χ1v) is 6.38. The number of benzene rings is 1. The molecule has 3 N–H and O–H groups in total. The fourth-order valence-electron chi connectivity index (χ4n) is 1.65. The maximum absolute atomic E-state index is 11.8. The van der Waals surface area contributed by atoms with E-state index in [9.17, 15) is 9.59 Å². The van der Waals surface area contributed by atoms with Gasteiger partial charge in [-0.25, -0.2) is 4.79 Å². The molecule has 0 radical (unpaired) electrons. The van der Waals surface area contributed by atoms with Crippen molar-refractivity contribution < 1.29 is 14.7 Å². The smallest absolute Gasteiger partial charge is 0.335 e. The summed E-state index contributed by atoms with van der Waals surface area (Å²) in [5.74, 6) is -1.27. The van der Waals surface area contributed by atoms with E-state index in [1.54, 1.807) is 0 Å². The van der Waals surface area contributed by atoms with Crippen LogP contribution < -0.4 is 10.6 Å². The molecule has 0 aliphatic heterocycles. The van der Waals surface area contributed by atoms with Crippen molar-refractivity contribution >= 4 is 29.2 Å². The van der Waals surface area contributed by atoms with Crippen molar-refractivity contribution in [3.8, 4) is 0 Å². The van der Waals surface area contributed by atoms with Gasteiger partial charge in [0.05, 0.1) is 16.3 Å². The second-order valence-corrected chi connectivity index (χ2v) is 4.62. The van der Waals surface area contributed by atoms with Crippen LogP contribution in [0.2, 0.25) is 5.02 Å². The number of rotatable bonds is 6. The molecule has 1 unspecified atom stereocenters. The van der Waals surface area contributed by atoms with E-state index in [1.807, 2.05) is 13.8 Å². The van der Waals surface area contributed by atoms with Crippen LogP contribution in [-0.4, -0.2) is 29.6 Å². The predicted molar refractivity (Wildman–Crippen MR) is 74.8 cm³/mol. The zero-order chi connectivity index (χ0) is 14.4. The second kappa shape index (κ2) is 7.11. The third-order valence-corrected chi connectivity index (χ3v) is 2.86. The molecule has 0 saturated carbocycles. The molecule has 0 fully saturated rings. The molecule has 0 aliphatic carbocycles. The molecule has 0 spiro atoms. The van der Waals surface area contributed by atoms with E-state index in [0.717, 1.165) is 6.54 Å². The van der Waals surface area contributed by atoms with Gasteiger partial charge in [0.25, 0.3) is 0 Å². The highest BCUT2D eigenvalue weighted by atomic mass is 35.5. The van der Waals surface area contributed by atoms with Gasteiger partial charge in [-0.05, 0) is 31.7 Å². The summed E-state index contributed by atoms with van der Waals surface area (Å²) in [6, 6.07) is 4.24. The number of halogens is 1. The van der Waals surface area contributed by atoms with Crippen LogP contribution in [0.5, 0.6) is 0 Å². The topological polar surface area (TPSA) is 78.4 Å². The zero-order valence-electron chi connectivity index (χ0n) is 10.9. The van der Waals surface area contributed by atoms with Crippen LogP contribution in [0.1, 0.15) is 30.6 Å². The summed E-state index contributed by atoms with van der Waals surface area (Å²) in [4.78, 5) is 22.6. The Balaban J connectivity index is 2.73. The Morgan fingerprint density at radius 1 is 1.42 bits per heavy atom. The molecule has 1 amide bonds. The third kappa shape index (κ3) is 4.89. The van der Waals surface area contributed by atoms with Gasteiger partial charge in [-0.15, -0.1) is 0 Å². The van der Waals surface area contributed by atoms with Crippen LogP contribution in [-0.2, 0) is 4.79 Å². The Morgan fingerprint density at radius 3 is 2.68 bits per heavy atom. The molecule has 5 nitrogen and oxygen atoms in total. The lowest BCUT2D eigenvalue weighted by Crippen LogP contribution is -2.30. The van der Waals surface area contributed by atoms with E-state index in [2.05, 4.69) is 10.6 Å². The summed E-state index contributed by atoms with van der Waals surface area (Å²) < 4.78 is 0. The van der Waals surface area contributed by atoms with Crippen molar-refractivity contribution in [2.75, 3.05) is 11.9 Å².